The number of guanidine groups is 1. The SMILES string of the molecule is NC(N)=NCCCCNC(=O)C1(C(=O)NCc2ccccc2)CCC1. The van der Waals surface area contributed by atoms with Gasteiger partial charge in [-0.3, -0.25) is 14.6 Å². The van der Waals surface area contributed by atoms with Gasteiger partial charge in [-0.2, -0.15) is 0 Å². The minimum Gasteiger partial charge on any atom is -0.370 e. The van der Waals surface area contributed by atoms with Crippen LogP contribution in [0.4, 0.5) is 0 Å². The third-order valence-corrected chi connectivity index (χ3v) is 4.54. The van der Waals surface area contributed by atoms with E-state index < -0.39 is 5.41 Å². The first-order valence-corrected chi connectivity index (χ1v) is 8.70. The highest BCUT2D eigenvalue weighted by molar-refractivity contribution is 6.05. The number of nitrogens with zero attached hydrogens (tertiary/aromatic N) is 1. The number of carbonyl (C=O) groups is 2. The minimum atomic E-state index is -0.908. The molecule has 6 N–H and O–H groups in total. The smallest absolute Gasteiger partial charge is 0.235 e. The maximum Gasteiger partial charge on any atom is 0.235 e. The molecule has 136 valence electrons. The van der Waals surface area contributed by atoms with E-state index in [0.29, 0.717) is 32.5 Å². The van der Waals surface area contributed by atoms with Crippen molar-refractivity contribution in [1.82, 2.24) is 10.6 Å². The van der Waals surface area contributed by atoms with Crippen molar-refractivity contribution in [2.24, 2.45) is 21.9 Å². The number of nitrogens with two attached hydrogens (primary N) is 2. The summed E-state index contributed by atoms with van der Waals surface area (Å²) in [4.78, 5) is 29.0. The monoisotopic (exact) mass is 345 g/mol. The van der Waals surface area contributed by atoms with Crippen LogP contribution < -0.4 is 22.1 Å². The van der Waals surface area contributed by atoms with Gasteiger partial charge in [0.05, 0.1) is 0 Å². The van der Waals surface area contributed by atoms with Crippen LogP contribution in [0.1, 0.15) is 37.7 Å². The summed E-state index contributed by atoms with van der Waals surface area (Å²) < 4.78 is 0. The van der Waals surface area contributed by atoms with E-state index in [1.54, 1.807) is 0 Å². The number of unbranched alkanes of at least 4 members (excludes halogenated alkanes) is 1. The molecule has 0 atom stereocenters. The van der Waals surface area contributed by atoms with Gasteiger partial charge in [0.1, 0.15) is 5.41 Å². The van der Waals surface area contributed by atoms with E-state index in [1.165, 1.54) is 0 Å². The Bertz CT molecular complexity index is 607. The van der Waals surface area contributed by atoms with Crippen molar-refractivity contribution in [3.8, 4) is 0 Å². The lowest BCUT2D eigenvalue weighted by molar-refractivity contribution is -0.149. The molecule has 0 aromatic heterocycles. The van der Waals surface area contributed by atoms with E-state index in [1.807, 2.05) is 30.3 Å². The summed E-state index contributed by atoms with van der Waals surface area (Å²) in [7, 11) is 0. The Hall–Kier alpha value is -2.57. The molecule has 1 fully saturated rings. The lowest BCUT2D eigenvalue weighted by Crippen LogP contribution is -2.55. The maximum atomic E-state index is 12.6. The van der Waals surface area contributed by atoms with Gasteiger partial charge in [-0.1, -0.05) is 36.8 Å². The van der Waals surface area contributed by atoms with Gasteiger partial charge in [-0.25, -0.2) is 0 Å². The molecular formula is C18H27N5O2. The Morgan fingerprint density at radius 1 is 1.04 bits per heavy atom. The molecule has 1 aliphatic rings. The molecule has 0 saturated heterocycles. The lowest BCUT2D eigenvalue weighted by atomic mass is 9.67. The second-order valence-electron chi connectivity index (χ2n) is 6.37. The number of nitrogens with one attached hydrogen (secondary N) is 2. The van der Waals surface area contributed by atoms with Gasteiger partial charge < -0.3 is 22.1 Å². The molecule has 0 bridgehead atoms. The Morgan fingerprint density at radius 3 is 2.32 bits per heavy atom. The predicted molar refractivity (Wildman–Crippen MR) is 97.5 cm³/mol. The van der Waals surface area contributed by atoms with Crippen LogP contribution >= 0.6 is 0 Å². The Kier molecular flexibility index (Phi) is 6.80. The Morgan fingerprint density at radius 2 is 1.72 bits per heavy atom. The summed E-state index contributed by atoms with van der Waals surface area (Å²) in [6, 6.07) is 9.68. The summed E-state index contributed by atoms with van der Waals surface area (Å²) in [5.41, 5.74) is 10.6. The topological polar surface area (TPSA) is 123 Å². The molecule has 2 amide bonds. The molecule has 0 radical (unpaired) electrons. The molecule has 1 aliphatic carbocycles. The quantitative estimate of drug-likeness (QED) is 0.227. The summed E-state index contributed by atoms with van der Waals surface area (Å²) in [6.45, 7) is 1.50. The Labute approximate surface area is 148 Å². The molecule has 1 saturated carbocycles. The summed E-state index contributed by atoms with van der Waals surface area (Å²) in [5.74, 6) is -0.278. The van der Waals surface area contributed by atoms with Crippen LogP contribution in [0.2, 0.25) is 0 Å². The highest BCUT2D eigenvalue weighted by Crippen LogP contribution is 2.41. The van der Waals surface area contributed by atoms with Crippen LogP contribution in [0.5, 0.6) is 0 Å². The molecule has 7 nitrogen and oxygen atoms in total. The summed E-state index contributed by atoms with van der Waals surface area (Å²) in [5, 5.41) is 5.78. The zero-order valence-electron chi connectivity index (χ0n) is 14.5. The van der Waals surface area contributed by atoms with Crippen molar-refractivity contribution in [1.29, 1.82) is 0 Å². The molecule has 25 heavy (non-hydrogen) atoms. The molecule has 0 aliphatic heterocycles. The van der Waals surface area contributed by atoms with Crippen LogP contribution in [-0.2, 0) is 16.1 Å². The van der Waals surface area contributed by atoms with E-state index in [9.17, 15) is 9.59 Å². The molecule has 0 heterocycles. The van der Waals surface area contributed by atoms with Crippen molar-refractivity contribution >= 4 is 17.8 Å². The van der Waals surface area contributed by atoms with E-state index in [2.05, 4.69) is 15.6 Å². The van der Waals surface area contributed by atoms with Gasteiger partial charge in [0.15, 0.2) is 5.96 Å². The van der Waals surface area contributed by atoms with E-state index in [-0.39, 0.29) is 17.8 Å². The van der Waals surface area contributed by atoms with Gasteiger partial charge in [0, 0.05) is 19.6 Å². The van der Waals surface area contributed by atoms with Crippen LogP contribution in [-0.4, -0.2) is 30.9 Å². The van der Waals surface area contributed by atoms with Gasteiger partial charge in [0.2, 0.25) is 11.8 Å². The molecule has 0 unspecified atom stereocenters. The van der Waals surface area contributed by atoms with Crippen molar-refractivity contribution in [3.05, 3.63) is 35.9 Å². The summed E-state index contributed by atoms with van der Waals surface area (Å²) in [6.07, 6.45) is 3.66. The van der Waals surface area contributed by atoms with Gasteiger partial charge in [-0.05, 0) is 31.2 Å². The fraction of sp³-hybridized carbons (Fsp3) is 0.500. The second-order valence-corrected chi connectivity index (χ2v) is 6.37. The number of carbonyl (C=O) groups excluding carboxylic acids is 2. The fourth-order valence-electron chi connectivity index (χ4n) is 2.85. The molecule has 1 aromatic carbocycles. The zero-order chi connectivity index (χ0) is 18.1. The second kappa shape index (κ2) is 9.05. The van der Waals surface area contributed by atoms with E-state index >= 15 is 0 Å². The number of benzene rings is 1. The van der Waals surface area contributed by atoms with Gasteiger partial charge in [0.25, 0.3) is 0 Å². The van der Waals surface area contributed by atoms with Gasteiger partial charge >= 0.3 is 0 Å². The van der Waals surface area contributed by atoms with Crippen molar-refractivity contribution in [3.63, 3.8) is 0 Å². The zero-order valence-corrected chi connectivity index (χ0v) is 14.5. The maximum absolute atomic E-state index is 12.6. The molecule has 1 aromatic rings. The average Bonchev–Trinajstić information content (AvgIpc) is 2.56. The predicted octanol–water partition coefficient (Wildman–Crippen LogP) is 0.643. The van der Waals surface area contributed by atoms with Crippen molar-refractivity contribution in [2.75, 3.05) is 13.1 Å². The third-order valence-electron chi connectivity index (χ3n) is 4.54. The number of hydrogen-bond donors (Lipinski definition) is 4. The molecule has 2 rings (SSSR count). The number of aliphatic imine (C=N–C) groups is 1. The first-order valence-electron chi connectivity index (χ1n) is 8.70. The summed E-state index contributed by atoms with van der Waals surface area (Å²) >= 11 is 0. The van der Waals surface area contributed by atoms with Crippen LogP contribution in [0.3, 0.4) is 0 Å². The van der Waals surface area contributed by atoms with Crippen molar-refractivity contribution < 1.29 is 9.59 Å². The van der Waals surface area contributed by atoms with Crippen LogP contribution in [0.15, 0.2) is 35.3 Å². The van der Waals surface area contributed by atoms with E-state index in [4.69, 9.17) is 11.5 Å². The molecule has 0 spiro atoms. The molecule has 7 heteroatoms. The number of amides is 2. The highest BCUT2D eigenvalue weighted by atomic mass is 16.2. The first kappa shape index (κ1) is 18.8. The normalized spacial score (nSPS) is 14.9. The standard InChI is InChI=1S/C18H27N5O2/c19-17(20)22-12-5-4-11-21-15(24)18(9-6-10-18)16(25)23-13-14-7-2-1-3-8-14/h1-3,7-8H,4-6,9-13H2,(H,21,24)(H,23,25)(H4,19,20,22). The van der Waals surface area contributed by atoms with Crippen molar-refractivity contribution in [2.45, 2.75) is 38.6 Å². The number of rotatable bonds is 9. The molecular weight excluding hydrogens is 318 g/mol. The minimum absolute atomic E-state index is 0.0764. The van der Waals surface area contributed by atoms with Crippen LogP contribution in [0, 0.1) is 5.41 Å². The highest BCUT2D eigenvalue weighted by Gasteiger charge is 2.50. The first-order chi connectivity index (χ1) is 12.0. The van der Waals surface area contributed by atoms with Crippen LogP contribution in [0.25, 0.3) is 0 Å². The largest absolute Gasteiger partial charge is 0.370 e. The lowest BCUT2D eigenvalue weighted by Gasteiger charge is -2.38. The average molecular weight is 345 g/mol. The Balaban J connectivity index is 1.77. The fourth-order valence-corrected chi connectivity index (χ4v) is 2.85. The number of hydrogen-bond acceptors (Lipinski definition) is 3. The van der Waals surface area contributed by atoms with E-state index in [0.717, 1.165) is 24.8 Å². The van der Waals surface area contributed by atoms with Gasteiger partial charge in [-0.15, -0.1) is 0 Å². The third kappa shape index (κ3) is 5.20.